The van der Waals surface area contributed by atoms with Gasteiger partial charge in [-0.25, -0.2) is 0 Å². The van der Waals surface area contributed by atoms with E-state index in [9.17, 15) is 4.79 Å². The van der Waals surface area contributed by atoms with Crippen LogP contribution in [0.15, 0.2) is 30.3 Å². The third-order valence-electron chi connectivity index (χ3n) is 2.17. The third kappa shape index (κ3) is 1.78. The predicted molar refractivity (Wildman–Crippen MR) is 58.2 cm³/mol. The first kappa shape index (κ1) is 9.93. The van der Waals surface area contributed by atoms with Crippen molar-refractivity contribution in [1.29, 1.82) is 0 Å². The van der Waals surface area contributed by atoms with Crippen LogP contribution in [0.4, 0.5) is 0 Å². The number of carbonyl (C=O) groups excluding carboxylic acids is 1. The molecule has 0 spiro atoms. The van der Waals surface area contributed by atoms with Gasteiger partial charge in [-0.15, -0.1) is 0 Å². The van der Waals surface area contributed by atoms with Crippen LogP contribution < -0.4 is 0 Å². The molecule has 0 unspecified atom stereocenters. The van der Waals surface area contributed by atoms with Gasteiger partial charge in [-0.3, -0.25) is 9.89 Å². The molecule has 0 aliphatic heterocycles. The van der Waals surface area contributed by atoms with E-state index in [2.05, 4.69) is 10.2 Å². The van der Waals surface area contributed by atoms with Crippen molar-refractivity contribution in [2.75, 3.05) is 0 Å². The van der Waals surface area contributed by atoms with Gasteiger partial charge in [0.25, 0.3) is 0 Å². The molecule has 0 amide bonds. The number of rotatable bonds is 2. The Morgan fingerprint density at radius 3 is 2.53 bits per heavy atom. The fourth-order valence-corrected chi connectivity index (χ4v) is 1.67. The van der Waals surface area contributed by atoms with Crippen LogP contribution in [0.25, 0.3) is 0 Å². The molecule has 0 saturated carbocycles. The average Bonchev–Trinajstić information content (AvgIpc) is 2.59. The molecule has 0 saturated heterocycles. The molecule has 0 radical (unpaired) electrons. The highest BCUT2D eigenvalue weighted by Crippen LogP contribution is 2.19. The largest absolute Gasteiger partial charge is 0.288 e. The number of carbonyl (C=O) groups is 1. The van der Waals surface area contributed by atoms with E-state index in [0.29, 0.717) is 22.0 Å². The van der Waals surface area contributed by atoms with Gasteiger partial charge in [0.05, 0.1) is 11.3 Å². The zero-order valence-corrected chi connectivity index (χ0v) is 8.88. The molecular formula is C11H9ClN2O. The van der Waals surface area contributed by atoms with Gasteiger partial charge in [0, 0.05) is 5.56 Å². The first-order valence-corrected chi connectivity index (χ1v) is 4.88. The third-order valence-corrected chi connectivity index (χ3v) is 2.44. The summed E-state index contributed by atoms with van der Waals surface area (Å²) in [6.07, 6.45) is 0. The van der Waals surface area contributed by atoms with Gasteiger partial charge in [-0.2, -0.15) is 5.10 Å². The first-order chi connectivity index (χ1) is 7.20. The van der Waals surface area contributed by atoms with Crippen LogP contribution in [0.5, 0.6) is 0 Å². The van der Waals surface area contributed by atoms with Gasteiger partial charge < -0.3 is 0 Å². The van der Waals surface area contributed by atoms with E-state index in [-0.39, 0.29) is 5.78 Å². The second kappa shape index (κ2) is 3.87. The van der Waals surface area contributed by atoms with Crippen molar-refractivity contribution in [3.8, 4) is 0 Å². The number of H-pyrrole nitrogens is 1. The maximum absolute atomic E-state index is 12.0. The Morgan fingerprint density at radius 2 is 2.00 bits per heavy atom. The Hall–Kier alpha value is -1.61. The van der Waals surface area contributed by atoms with Crippen molar-refractivity contribution < 1.29 is 4.79 Å². The smallest absolute Gasteiger partial charge is 0.198 e. The van der Waals surface area contributed by atoms with Gasteiger partial charge in [-0.1, -0.05) is 41.9 Å². The number of aryl methyl sites for hydroxylation is 1. The summed E-state index contributed by atoms with van der Waals surface area (Å²) in [7, 11) is 0. The summed E-state index contributed by atoms with van der Waals surface area (Å²) in [5, 5.41) is 6.76. The zero-order valence-electron chi connectivity index (χ0n) is 8.12. The number of nitrogens with one attached hydrogen (secondary N) is 1. The average molecular weight is 221 g/mol. The summed E-state index contributed by atoms with van der Waals surface area (Å²) in [5.41, 5.74) is 1.68. The van der Waals surface area contributed by atoms with Crippen molar-refractivity contribution in [2.24, 2.45) is 0 Å². The number of aromatic amines is 1. The molecule has 1 aromatic heterocycles. The van der Waals surface area contributed by atoms with Crippen LogP contribution in [-0.2, 0) is 0 Å². The topological polar surface area (TPSA) is 45.8 Å². The first-order valence-electron chi connectivity index (χ1n) is 4.50. The second-order valence-electron chi connectivity index (χ2n) is 3.19. The Bertz CT molecular complexity index is 471. The standard InChI is InChI=1S/C11H9ClN2O/c1-7-9(11(12)14-13-7)10(15)8-5-3-2-4-6-8/h2-6H,1H3,(H,13,14). The van der Waals surface area contributed by atoms with Crippen molar-refractivity contribution in [3.63, 3.8) is 0 Å². The number of hydrogen-bond donors (Lipinski definition) is 1. The summed E-state index contributed by atoms with van der Waals surface area (Å²) in [5.74, 6) is -0.105. The van der Waals surface area contributed by atoms with E-state index in [1.54, 1.807) is 19.1 Å². The molecule has 1 heterocycles. The quantitative estimate of drug-likeness (QED) is 0.791. The molecule has 4 heteroatoms. The molecule has 0 aliphatic rings. The van der Waals surface area contributed by atoms with E-state index < -0.39 is 0 Å². The number of aromatic nitrogens is 2. The summed E-state index contributed by atoms with van der Waals surface area (Å²) in [6.45, 7) is 1.75. The summed E-state index contributed by atoms with van der Waals surface area (Å²) in [4.78, 5) is 12.0. The number of benzene rings is 1. The van der Waals surface area contributed by atoms with Crippen LogP contribution >= 0.6 is 11.6 Å². The molecule has 1 N–H and O–H groups in total. The lowest BCUT2D eigenvalue weighted by molar-refractivity contribution is 0.103. The van der Waals surface area contributed by atoms with Gasteiger partial charge in [0.2, 0.25) is 0 Å². The predicted octanol–water partition coefficient (Wildman–Crippen LogP) is 2.60. The van der Waals surface area contributed by atoms with Crippen molar-refractivity contribution >= 4 is 17.4 Å². The molecule has 3 nitrogen and oxygen atoms in total. The molecule has 2 rings (SSSR count). The monoisotopic (exact) mass is 220 g/mol. The Balaban J connectivity index is 2.46. The SMILES string of the molecule is Cc1n[nH]c(Cl)c1C(=O)c1ccccc1. The van der Waals surface area contributed by atoms with E-state index in [0.717, 1.165) is 0 Å². The fourth-order valence-electron chi connectivity index (χ4n) is 1.40. The molecule has 0 fully saturated rings. The summed E-state index contributed by atoms with van der Waals surface area (Å²) >= 11 is 5.85. The lowest BCUT2D eigenvalue weighted by atomic mass is 10.0. The molecule has 15 heavy (non-hydrogen) atoms. The van der Waals surface area contributed by atoms with Crippen LogP contribution in [0, 0.1) is 6.92 Å². The molecule has 0 bridgehead atoms. The highest BCUT2D eigenvalue weighted by atomic mass is 35.5. The highest BCUT2D eigenvalue weighted by molar-refractivity contribution is 6.34. The summed E-state index contributed by atoms with van der Waals surface area (Å²) in [6, 6.07) is 9.00. The van der Waals surface area contributed by atoms with Crippen LogP contribution in [0.2, 0.25) is 5.15 Å². The van der Waals surface area contributed by atoms with Gasteiger partial charge in [-0.05, 0) is 6.92 Å². The van der Waals surface area contributed by atoms with Crippen LogP contribution in [0.3, 0.4) is 0 Å². The van der Waals surface area contributed by atoms with Crippen LogP contribution in [-0.4, -0.2) is 16.0 Å². The minimum atomic E-state index is -0.105. The van der Waals surface area contributed by atoms with Crippen molar-refractivity contribution in [3.05, 3.63) is 52.3 Å². The van der Waals surface area contributed by atoms with Gasteiger partial charge in [0.1, 0.15) is 5.15 Å². The van der Waals surface area contributed by atoms with E-state index in [1.807, 2.05) is 18.2 Å². The zero-order chi connectivity index (χ0) is 10.8. The number of hydrogen-bond acceptors (Lipinski definition) is 2. The lowest BCUT2D eigenvalue weighted by Crippen LogP contribution is -2.02. The van der Waals surface area contributed by atoms with E-state index >= 15 is 0 Å². The molecule has 1 aromatic carbocycles. The number of nitrogens with zero attached hydrogens (tertiary/aromatic N) is 1. The fraction of sp³-hybridized carbons (Fsp3) is 0.0909. The maximum atomic E-state index is 12.0. The van der Waals surface area contributed by atoms with E-state index in [4.69, 9.17) is 11.6 Å². The van der Waals surface area contributed by atoms with E-state index in [1.165, 1.54) is 0 Å². The number of halogens is 1. The molecular weight excluding hydrogens is 212 g/mol. The van der Waals surface area contributed by atoms with Gasteiger partial charge >= 0.3 is 0 Å². The van der Waals surface area contributed by atoms with Crippen molar-refractivity contribution in [1.82, 2.24) is 10.2 Å². The molecule has 76 valence electrons. The Kier molecular flexibility index (Phi) is 2.56. The maximum Gasteiger partial charge on any atom is 0.198 e. The van der Waals surface area contributed by atoms with Gasteiger partial charge in [0.15, 0.2) is 5.78 Å². The van der Waals surface area contributed by atoms with Crippen molar-refractivity contribution in [2.45, 2.75) is 6.92 Å². The lowest BCUT2D eigenvalue weighted by Gasteiger charge is -1.99. The minimum Gasteiger partial charge on any atom is -0.288 e. The Morgan fingerprint density at radius 1 is 1.33 bits per heavy atom. The van der Waals surface area contributed by atoms with Crippen LogP contribution in [0.1, 0.15) is 21.6 Å². The normalized spacial score (nSPS) is 10.3. The second-order valence-corrected chi connectivity index (χ2v) is 3.57. The molecule has 0 aliphatic carbocycles. The Labute approximate surface area is 92.1 Å². The summed E-state index contributed by atoms with van der Waals surface area (Å²) < 4.78 is 0. The number of ketones is 1. The minimum absolute atomic E-state index is 0.105. The molecule has 2 aromatic rings. The highest BCUT2D eigenvalue weighted by Gasteiger charge is 2.17. The molecule has 0 atom stereocenters.